The van der Waals surface area contributed by atoms with Gasteiger partial charge in [0.1, 0.15) is 11.3 Å². The molecule has 2 N–H and O–H groups in total. The van der Waals surface area contributed by atoms with E-state index < -0.39 is 11.9 Å². The van der Waals surface area contributed by atoms with Crippen LogP contribution in [0.15, 0.2) is 24.4 Å². The van der Waals surface area contributed by atoms with Gasteiger partial charge >= 0.3 is 5.97 Å². The van der Waals surface area contributed by atoms with Gasteiger partial charge < -0.3 is 20.1 Å². The normalized spacial score (nSPS) is 13.5. The first-order valence-electron chi connectivity index (χ1n) is 8.00. The molecule has 2 aromatic rings. The zero-order valence-corrected chi connectivity index (χ0v) is 14.8. The van der Waals surface area contributed by atoms with Gasteiger partial charge in [-0.1, -0.05) is 11.6 Å². The number of ether oxygens (including phenoxy) is 1. The zero-order chi connectivity index (χ0) is 18.7. The number of nitrogens with zero attached hydrogens (tertiary/aromatic N) is 3. The second-order valence-electron chi connectivity index (χ2n) is 5.74. The van der Waals surface area contributed by atoms with E-state index in [9.17, 15) is 9.59 Å². The van der Waals surface area contributed by atoms with Crippen LogP contribution in [-0.2, 0) is 0 Å². The standard InChI is InChI=1S/C17H17ClN4O4/c1-26-13-8-10(4-5-11(13)16(24)25)20-15(23)14-12(18)9-19-17(21-14)22-6-2-3-7-22/h4-5,8-9H,2-3,6-7H2,1H3,(H,20,23)(H,24,25). The highest BCUT2D eigenvalue weighted by Gasteiger charge is 2.20. The number of carboxylic acids is 1. The monoisotopic (exact) mass is 376 g/mol. The molecule has 1 aromatic heterocycles. The number of anilines is 2. The molecule has 9 heteroatoms. The van der Waals surface area contributed by atoms with Crippen LogP contribution in [0.4, 0.5) is 11.6 Å². The van der Waals surface area contributed by atoms with Gasteiger partial charge in [0.05, 0.1) is 18.3 Å². The van der Waals surface area contributed by atoms with E-state index >= 15 is 0 Å². The van der Waals surface area contributed by atoms with E-state index in [0.29, 0.717) is 11.6 Å². The predicted octanol–water partition coefficient (Wildman–Crippen LogP) is 2.69. The molecule has 0 radical (unpaired) electrons. The second kappa shape index (κ2) is 7.57. The molecule has 136 valence electrons. The van der Waals surface area contributed by atoms with Crippen LogP contribution in [-0.4, -0.2) is 47.2 Å². The third-order valence-corrected chi connectivity index (χ3v) is 4.30. The molecular formula is C17H17ClN4O4. The third-order valence-electron chi connectivity index (χ3n) is 4.03. The minimum atomic E-state index is -1.12. The molecule has 0 atom stereocenters. The predicted molar refractivity (Wildman–Crippen MR) is 96.4 cm³/mol. The molecule has 8 nitrogen and oxygen atoms in total. The quantitative estimate of drug-likeness (QED) is 0.826. The number of benzene rings is 1. The van der Waals surface area contributed by atoms with Crippen molar-refractivity contribution in [3.63, 3.8) is 0 Å². The number of carbonyl (C=O) groups is 2. The number of nitrogens with one attached hydrogen (secondary N) is 1. The molecule has 0 spiro atoms. The molecule has 1 aliphatic heterocycles. The summed E-state index contributed by atoms with van der Waals surface area (Å²) in [6, 6.07) is 4.26. The SMILES string of the molecule is COc1cc(NC(=O)c2nc(N3CCCC3)ncc2Cl)ccc1C(=O)O. The number of halogens is 1. The lowest BCUT2D eigenvalue weighted by Gasteiger charge is -2.16. The molecule has 1 aromatic carbocycles. The fourth-order valence-electron chi connectivity index (χ4n) is 2.72. The number of rotatable bonds is 5. The summed E-state index contributed by atoms with van der Waals surface area (Å²) in [6.45, 7) is 1.69. The summed E-state index contributed by atoms with van der Waals surface area (Å²) in [6.07, 6.45) is 3.53. The first-order valence-corrected chi connectivity index (χ1v) is 8.37. The Morgan fingerprint density at radius 3 is 2.69 bits per heavy atom. The summed E-state index contributed by atoms with van der Waals surface area (Å²) in [4.78, 5) is 34.2. The smallest absolute Gasteiger partial charge is 0.339 e. The van der Waals surface area contributed by atoms with Crippen molar-refractivity contribution in [3.8, 4) is 5.75 Å². The average Bonchev–Trinajstić information content (AvgIpc) is 3.16. The van der Waals surface area contributed by atoms with Crippen molar-refractivity contribution in [2.45, 2.75) is 12.8 Å². The molecule has 1 fully saturated rings. The van der Waals surface area contributed by atoms with E-state index in [1.165, 1.54) is 31.5 Å². The molecule has 26 heavy (non-hydrogen) atoms. The van der Waals surface area contributed by atoms with Crippen molar-refractivity contribution >= 4 is 35.1 Å². The summed E-state index contributed by atoms with van der Waals surface area (Å²) < 4.78 is 5.05. The summed E-state index contributed by atoms with van der Waals surface area (Å²) >= 11 is 6.08. The van der Waals surface area contributed by atoms with Crippen molar-refractivity contribution < 1.29 is 19.4 Å². The van der Waals surface area contributed by atoms with Gasteiger partial charge in [-0.15, -0.1) is 0 Å². The van der Waals surface area contributed by atoms with Gasteiger partial charge in [-0.25, -0.2) is 14.8 Å². The van der Waals surface area contributed by atoms with Crippen LogP contribution in [0, 0.1) is 0 Å². The van der Waals surface area contributed by atoms with Gasteiger partial charge in [0.25, 0.3) is 5.91 Å². The largest absolute Gasteiger partial charge is 0.496 e. The zero-order valence-electron chi connectivity index (χ0n) is 14.0. The number of carbonyl (C=O) groups excluding carboxylic acids is 1. The highest BCUT2D eigenvalue weighted by molar-refractivity contribution is 6.34. The van der Waals surface area contributed by atoms with Crippen LogP contribution >= 0.6 is 11.6 Å². The lowest BCUT2D eigenvalue weighted by molar-refractivity contribution is 0.0693. The van der Waals surface area contributed by atoms with Gasteiger partial charge in [0.2, 0.25) is 5.95 Å². The van der Waals surface area contributed by atoms with Crippen molar-refractivity contribution in [3.05, 3.63) is 40.7 Å². The molecular weight excluding hydrogens is 360 g/mol. The van der Waals surface area contributed by atoms with Gasteiger partial charge in [0, 0.05) is 24.8 Å². The molecule has 1 saturated heterocycles. The summed E-state index contributed by atoms with van der Waals surface area (Å²) in [7, 11) is 1.36. The maximum atomic E-state index is 12.6. The molecule has 3 rings (SSSR count). The fourth-order valence-corrected chi connectivity index (χ4v) is 2.90. The molecule has 0 aliphatic carbocycles. The first kappa shape index (κ1) is 17.9. The molecule has 0 unspecified atom stereocenters. The Bertz CT molecular complexity index is 853. The molecule has 1 amide bonds. The van der Waals surface area contributed by atoms with Gasteiger partial charge in [-0.3, -0.25) is 4.79 Å². The van der Waals surface area contributed by atoms with E-state index in [1.54, 1.807) is 0 Å². The number of amides is 1. The number of methoxy groups -OCH3 is 1. The van der Waals surface area contributed by atoms with Crippen molar-refractivity contribution in [2.24, 2.45) is 0 Å². The lowest BCUT2D eigenvalue weighted by atomic mass is 10.2. The Labute approximate surface area is 154 Å². The molecule has 2 heterocycles. The van der Waals surface area contributed by atoms with E-state index in [2.05, 4.69) is 15.3 Å². The van der Waals surface area contributed by atoms with Gasteiger partial charge in [-0.2, -0.15) is 0 Å². The highest BCUT2D eigenvalue weighted by atomic mass is 35.5. The van der Waals surface area contributed by atoms with Crippen molar-refractivity contribution in [2.75, 3.05) is 30.4 Å². The summed E-state index contributed by atoms with van der Waals surface area (Å²) in [5.41, 5.74) is 0.431. The summed E-state index contributed by atoms with van der Waals surface area (Å²) in [5, 5.41) is 11.9. The maximum Gasteiger partial charge on any atom is 0.339 e. The van der Waals surface area contributed by atoms with E-state index in [0.717, 1.165) is 25.9 Å². The van der Waals surface area contributed by atoms with E-state index in [1.807, 2.05) is 4.90 Å². The molecule has 1 aliphatic rings. The average molecular weight is 377 g/mol. The fraction of sp³-hybridized carbons (Fsp3) is 0.294. The number of carboxylic acid groups (broad SMARTS) is 1. The highest BCUT2D eigenvalue weighted by Crippen LogP contribution is 2.25. The van der Waals surface area contributed by atoms with Gasteiger partial charge in [-0.05, 0) is 25.0 Å². The summed E-state index contributed by atoms with van der Waals surface area (Å²) in [5.74, 6) is -1.02. The van der Waals surface area contributed by atoms with Crippen LogP contribution in [0.25, 0.3) is 0 Å². The molecule has 0 saturated carbocycles. The van der Waals surface area contributed by atoms with Crippen LogP contribution in [0.3, 0.4) is 0 Å². The Balaban J connectivity index is 1.83. The van der Waals surface area contributed by atoms with Crippen LogP contribution in [0.5, 0.6) is 5.75 Å². The Morgan fingerprint density at radius 2 is 2.04 bits per heavy atom. The first-order chi connectivity index (χ1) is 12.5. The van der Waals surface area contributed by atoms with E-state index in [4.69, 9.17) is 21.4 Å². The van der Waals surface area contributed by atoms with Crippen LogP contribution in [0.2, 0.25) is 5.02 Å². The van der Waals surface area contributed by atoms with Crippen LogP contribution < -0.4 is 15.0 Å². The Kier molecular flexibility index (Phi) is 5.22. The van der Waals surface area contributed by atoms with E-state index in [-0.39, 0.29) is 22.0 Å². The topological polar surface area (TPSA) is 105 Å². The number of hydrogen-bond donors (Lipinski definition) is 2. The minimum Gasteiger partial charge on any atom is -0.496 e. The van der Waals surface area contributed by atoms with Crippen molar-refractivity contribution in [1.82, 2.24) is 9.97 Å². The molecule has 0 bridgehead atoms. The number of aromatic carboxylic acids is 1. The minimum absolute atomic E-state index is 0.00175. The number of aromatic nitrogens is 2. The number of hydrogen-bond acceptors (Lipinski definition) is 6. The third kappa shape index (κ3) is 3.70. The maximum absolute atomic E-state index is 12.6. The van der Waals surface area contributed by atoms with Crippen molar-refractivity contribution in [1.29, 1.82) is 0 Å². The van der Waals surface area contributed by atoms with Crippen LogP contribution in [0.1, 0.15) is 33.7 Å². The Hall–Kier alpha value is -2.87. The lowest BCUT2D eigenvalue weighted by Crippen LogP contribution is -2.23. The van der Waals surface area contributed by atoms with Gasteiger partial charge in [0.15, 0.2) is 5.69 Å². The Morgan fingerprint density at radius 1 is 1.31 bits per heavy atom. The second-order valence-corrected chi connectivity index (χ2v) is 6.14.